The van der Waals surface area contributed by atoms with Crippen LogP contribution in [0.4, 0.5) is 4.39 Å². The Morgan fingerprint density at radius 1 is 1.07 bits per heavy atom. The van der Waals surface area contributed by atoms with Crippen LogP contribution in [0.25, 0.3) is 11.5 Å². The standard InChI is InChI=1S/C19H13ClFN3O2S2/c20-13-3-7-16(8-4-13)25-9-17-22-15(10-27-17)11-28-19-24-23-18(26-19)12-1-5-14(21)6-2-12/h1-8,10H,9,11H2. The van der Waals surface area contributed by atoms with Crippen LogP contribution in [0.1, 0.15) is 10.7 Å². The Bertz CT molecular complexity index is 1050. The summed E-state index contributed by atoms with van der Waals surface area (Å²) in [5.41, 5.74) is 1.59. The molecule has 0 saturated heterocycles. The third-order valence-electron chi connectivity index (χ3n) is 3.62. The Kier molecular flexibility index (Phi) is 5.90. The molecule has 2 heterocycles. The van der Waals surface area contributed by atoms with Crippen LogP contribution in [0.15, 0.2) is 63.6 Å². The van der Waals surface area contributed by atoms with Crippen molar-refractivity contribution in [2.24, 2.45) is 0 Å². The van der Waals surface area contributed by atoms with E-state index in [0.29, 0.717) is 34.1 Å². The topological polar surface area (TPSA) is 61.0 Å². The number of aromatic nitrogens is 3. The molecule has 142 valence electrons. The van der Waals surface area contributed by atoms with Crippen molar-refractivity contribution in [3.8, 4) is 17.2 Å². The normalized spacial score (nSPS) is 10.9. The molecule has 2 aromatic heterocycles. The van der Waals surface area contributed by atoms with Crippen LogP contribution < -0.4 is 4.74 Å². The van der Waals surface area contributed by atoms with Crippen LogP contribution in [0.3, 0.4) is 0 Å². The molecule has 2 aromatic carbocycles. The maximum atomic E-state index is 13.0. The van der Waals surface area contributed by atoms with E-state index in [9.17, 15) is 4.39 Å². The van der Waals surface area contributed by atoms with Crippen LogP contribution in [0.2, 0.25) is 5.02 Å². The van der Waals surface area contributed by atoms with Gasteiger partial charge in [-0.2, -0.15) is 0 Å². The van der Waals surface area contributed by atoms with Crippen molar-refractivity contribution in [3.05, 3.63) is 75.5 Å². The van der Waals surface area contributed by atoms with Crippen molar-refractivity contribution in [1.82, 2.24) is 15.2 Å². The summed E-state index contributed by atoms with van der Waals surface area (Å²) in [6.07, 6.45) is 0. The predicted molar refractivity (Wildman–Crippen MR) is 107 cm³/mol. The lowest BCUT2D eigenvalue weighted by Gasteiger charge is -2.03. The van der Waals surface area contributed by atoms with Crippen molar-refractivity contribution in [2.75, 3.05) is 0 Å². The average molecular weight is 434 g/mol. The second kappa shape index (κ2) is 8.72. The Balaban J connectivity index is 1.31. The minimum atomic E-state index is -0.308. The molecule has 5 nitrogen and oxygen atoms in total. The highest BCUT2D eigenvalue weighted by atomic mass is 35.5. The molecule has 4 rings (SSSR count). The van der Waals surface area contributed by atoms with E-state index in [1.807, 2.05) is 17.5 Å². The van der Waals surface area contributed by atoms with Crippen molar-refractivity contribution in [2.45, 2.75) is 17.6 Å². The Morgan fingerprint density at radius 3 is 2.64 bits per heavy atom. The summed E-state index contributed by atoms with van der Waals surface area (Å²) in [5, 5.41) is 12.0. The predicted octanol–water partition coefficient (Wildman–Crippen LogP) is 5.86. The summed E-state index contributed by atoms with van der Waals surface area (Å²) < 4.78 is 24.3. The minimum Gasteiger partial charge on any atom is -0.486 e. The van der Waals surface area contributed by atoms with Crippen LogP contribution in [-0.2, 0) is 12.4 Å². The van der Waals surface area contributed by atoms with Gasteiger partial charge in [0.1, 0.15) is 23.2 Å². The molecular weight excluding hydrogens is 421 g/mol. The lowest BCUT2D eigenvalue weighted by atomic mass is 10.2. The number of rotatable bonds is 7. The van der Waals surface area contributed by atoms with Crippen LogP contribution in [0, 0.1) is 5.82 Å². The first-order valence-electron chi connectivity index (χ1n) is 8.19. The highest BCUT2D eigenvalue weighted by molar-refractivity contribution is 7.98. The van der Waals surface area contributed by atoms with Crippen LogP contribution in [0.5, 0.6) is 5.75 Å². The summed E-state index contributed by atoms with van der Waals surface area (Å²) in [7, 11) is 0. The van der Waals surface area contributed by atoms with E-state index in [2.05, 4.69) is 15.2 Å². The monoisotopic (exact) mass is 433 g/mol. The molecule has 0 spiro atoms. The summed E-state index contributed by atoms with van der Waals surface area (Å²) >= 11 is 8.79. The summed E-state index contributed by atoms with van der Waals surface area (Å²) in [6, 6.07) is 13.1. The van der Waals surface area contributed by atoms with Gasteiger partial charge in [-0.3, -0.25) is 0 Å². The SMILES string of the molecule is Fc1ccc(-c2nnc(SCc3csc(COc4ccc(Cl)cc4)n3)o2)cc1. The van der Waals surface area contributed by atoms with Gasteiger partial charge in [-0.25, -0.2) is 9.37 Å². The number of thiazole rings is 1. The maximum absolute atomic E-state index is 13.0. The Morgan fingerprint density at radius 2 is 1.86 bits per heavy atom. The zero-order valence-electron chi connectivity index (χ0n) is 14.3. The molecule has 0 fully saturated rings. The van der Waals surface area contributed by atoms with E-state index in [4.69, 9.17) is 20.8 Å². The molecule has 0 amide bonds. The summed E-state index contributed by atoms with van der Waals surface area (Å²) in [4.78, 5) is 4.55. The molecule has 0 N–H and O–H groups in total. The number of ether oxygens (including phenoxy) is 1. The summed E-state index contributed by atoms with van der Waals surface area (Å²) in [5.74, 6) is 1.40. The molecule has 0 atom stereocenters. The number of nitrogens with zero attached hydrogens (tertiary/aromatic N) is 3. The third kappa shape index (κ3) is 4.89. The van der Waals surface area contributed by atoms with Crippen molar-refractivity contribution in [3.63, 3.8) is 0 Å². The van der Waals surface area contributed by atoms with Gasteiger partial charge in [0.25, 0.3) is 5.22 Å². The fraction of sp³-hybridized carbons (Fsp3) is 0.105. The molecular formula is C19H13ClFN3O2S2. The molecule has 0 aliphatic rings. The number of hydrogen-bond donors (Lipinski definition) is 0. The fourth-order valence-electron chi connectivity index (χ4n) is 2.27. The lowest BCUT2D eigenvalue weighted by molar-refractivity contribution is 0.305. The van der Waals surface area contributed by atoms with Crippen LogP contribution in [-0.4, -0.2) is 15.2 Å². The summed E-state index contributed by atoms with van der Waals surface area (Å²) in [6.45, 7) is 0.395. The van der Waals surface area contributed by atoms with E-state index in [0.717, 1.165) is 16.5 Å². The number of halogens is 2. The first kappa shape index (κ1) is 18.9. The van der Waals surface area contributed by atoms with Gasteiger partial charge in [-0.1, -0.05) is 23.4 Å². The smallest absolute Gasteiger partial charge is 0.277 e. The molecule has 0 radical (unpaired) electrons. The van der Waals surface area contributed by atoms with E-state index >= 15 is 0 Å². The highest BCUT2D eigenvalue weighted by Crippen LogP contribution is 2.26. The van der Waals surface area contributed by atoms with E-state index in [1.54, 1.807) is 24.3 Å². The highest BCUT2D eigenvalue weighted by Gasteiger charge is 2.11. The molecule has 28 heavy (non-hydrogen) atoms. The van der Waals surface area contributed by atoms with E-state index in [1.165, 1.54) is 35.2 Å². The first-order valence-corrected chi connectivity index (χ1v) is 10.4. The number of thioether (sulfide) groups is 1. The Labute approximate surface area is 173 Å². The molecule has 9 heteroatoms. The second-order valence-electron chi connectivity index (χ2n) is 5.64. The maximum Gasteiger partial charge on any atom is 0.277 e. The van der Waals surface area contributed by atoms with E-state index in [-0.39, 0.29) is 5.82 Å². The molecule has 0 saturated carbocycles. The van der Waals surface area contributed by atoms with Gasteiger partial charge in [0.05, 0.1) is 5.69 Å². The molecule has 0 unspecified atom stereocenters. The number of hydrogen-bond acceptors (Lipinski definition) is 7. The van der Waals surface area contributed by atoms with Gasteiger partial charge in [0.2, 0.25) is 5.89 Å². The zero-order valence-corrected chi connectivity index (χ0v) is 16.7. The number of benzene rings is 2. The van der Waals surface area contributed by atoms with Gasteiger partial charge in [0, 0.05) is 21.7 Å². The van der Waals surface area contributed by atoms with Gasteiger partial charge < -0.3 is 9.15 Å². The van der Waals surface area contributed by atoms with Gasteiger partial charge in [-0.15, -0.1) is 21.5 Å². The Hall–Kier alpha value is -2.42. The van der Waals surface area contributed by atoms with Crippen molar-refractivity contribution >= 4 is 34.7 Å². The first-order chi connectivity index (χ1) is 13.7. The van der Waals surface area contributed by atoms with Gasteiger partial charge in [-0.05, 0) is 48.5 Å². The zero-order chi connectivity index (χ0) is 19.3. The van der Waals surface area contributed by atoms with Crippen LogP contribution >= 0.6 is 34.7 Å². The molecule has 0 aliphatic carbocycles. The minimum absolute atomic E-state index is 0.308. The van der Waals surface area contributed by atoms with Gasteiger partial charge in [0.15, 0.2) is 0 Å². The second-order valence-corrected chi connectivity index (χ2v) is 7.95. The van der Waals surface area contributed by atoms with Gasteiger partial charge >= 0.3 is 0 Å². The largest absolute Gasteiger partial charge is 0.486 e. The third-order valence-corrected chi connectivity index (χ3v) is 5.59. The van der Waals surface area contributed by atoms with E-state index < -0.39 is 0 Å². The lowest BCUT2D eigenvalue weighted by Crippen LogP contribution is -1.95. The molecule has 0 bridgehead atoms. The molecule has 0 aliphatic heterocycles. The molecule has 4 aromatic rings. The van der Waals surface area contributed by atoms with Crippen molar-refractivity contribution in [1.29, 1.82) is 0 Å². The fourth-order valence-corrected chi connectivity index (χ4v) is 3.86. The quantitative estimate of drug-likeness (QED) is 0.340. The average Bonchev–Trinajstić information content (AvgIpc) is 3.36. The van der Waals surface area contributed by atoms with Crippen molar-refractivity contribution < 1.29 is 13.5 Å².